The molecule has 0 bridgehead atoms. The zero-order valence-electron chi connectivity index (χ0n) is 40.5. The molecule has 0 aliphatic rings. The Kier molecular flexibility index (Phi) is 32.5. The van der Waals surface area contributed by atoms with Crippen LogP contribution in [0.5, 0.6) is 0 Å². The summed E-state index contributed by atoms with van der Waals surface area (Å²) in [6.45, 7) is 6.70. The molecule has 1 unspecified atom stereocenters. The van der Waals surface area contributed by atoms with Gasteiger partial charge in [-0.3, -0.25) is 38.5 Å². The molecule has 0 aliphatic heterocycles. The first-order valence-corrected chi connectivity index (χ1v) is 24.4. The van der Waals surface area contributed by atoms with E-state index in [0.717, 1.165) is 5.56 Å². The number of H-pyrrole nitrogens is 1. The summed E-state index contributed by atoms with van der Waals surface area (Å²) in [6, 6.07) is 8.17. The second-order valence-electron chi connectivity index (χ2n) is 15.4. The lowest BCUT2D eigenvalue weighted by atomic mass is 9.98. The van der Waals surface area contributed by atoms with Crippen molar-refractivity contribution in [3.05, 3.63) is 63.9 Å². The number of hydrogen-bond acceptors (Lipinski definition) is 21. The average molecular weight is 1070 g/mol. The van der Waals surface area contributed by atoms with Crippen molar-refractivity contribution in [1.82, 2.24) is 25.9 Å². The molecule has 0 spiro atoms. The Bertz CT molecular complexity index is 2570. The molecule has 8 N–H and O–H groups in total. The molecule has 398 valence electrons. The summed E-state index contributed by atoms with van der Waals surface area (Å²) in [6.07, 6.45) is 5.98. The fraction of sp³-hybridized carbons (Fsp3) is 0.426. The number of hydrogen-bond donors (Lipinski definition) is 7. The molecule has 3 aromatic rings. The number of carbonyl (C=O) groups excluding carboxylic acids is 12. The molecule has 0 saturated carbocycles. The first kappa shape index (κ1) is 65.7. The number of nitrogen functional groups attached to an aromatic ring is 1. The lowest BCUT2D eigenvalue weighted by Gasteiger charge is -2.23. The molecule has 3 amide bonds. The second kappa shape index (κ2) is 36.6. The van der Waals surface area contributed by atoms with Gasteiger partial charge in [-0.1, -0.05) is 54.3 Å². The zero-order chi connectivity index (χ0) is 56.3. The first-order valence-electron chi connectivity index (χ1n) is 21.9. The van der Waals surface area contributed by atoms with Crippen LogP contribution in [0.2, 0.25) is 0 Å². The molecule has 5 atom stereocenters. The molecule has 0 radical (unpaired) electrons. The summed E-state index contributed by atoms with van der Waals surface area (Å²) in [4.78, 5) is 168. The number of aromatic amines is 1. The third kappa shape index (κ3) is 25.7. The topological polar surface area (TPSA) is 400 Å². The van der Waals surface area contributed by atoms with Crippen LogP contribution in [0.3, 0.4) is 0 Å². The van der Waals surface area contributed by atoms with Crippen LogP contribution in [-0.2, 0) is 73.6 Å². The highest BCUT2D eigenvalue weighted by atomic mass is 33.1. The number of esters is 1. The number of nitrogens with one attached hydrogen (secondary N) is 4. The van der Waals surface area contributed by atoms with Crippen LogP contribution in [-0.4, -0.2) is 129 Å². The fourth-order valence-electron chi connectivity index (χ4n) is 6.19. The van der Waals surface area contributed by atoms with Crippen molar-refractivity contribution >= 4 is 110 Å². The van der Waals surface area contributed by atoms with E-state index < -0.39 is 71.4 Å². The monoisotopic (exact) mass is 1070 g/mol. The predicted octanol–water partition coefficient (Wildman–Crippen LogP) is 1.35. The van der Waals surface area contributed by atoms with Gasteiger partial charge < -0.3 is 41.5 Å². The van der Waals surface area contributed by atoms with Crippen LogP contribution in [0.1, 0.15) is 82.1 Å². The van der Waals surface area contributed by atoms with Crippen molar-refractivity contribution in [2.75, 3.05) is 35.3 Å². The van der Waals surface area contributed by atoms with Gasteiger partial charge in [0.2, 0.25) is 17.8 Å². The number of aromatic nitrogens is 2. The lowest BCUT2D eigenvalue weighted by molar-refractivity contribution is -0.193. The molecule has 1 heterocycles. The number of Topliss-reactive ketones (excluding diaryl/α,β-unsaturated/α-hetero) is 2. The van der Waals surface area contributed by atoms with Gasteiger partial charge in [-0.25, -0.2) is 14.6 Å². The number of nitrogens with two attached hydrogens (primary N) is 1. The number of nitrogens with zero attached hydrogens (tertiary/aromatic N) is 2. The minimum Gasteiger partial charge on any atom is -0.480 e. The first-order chi connectivity index (χ1) is 35.1. The van der Waals surface area contributed by atoms with Crippen LogP contribution in [0.25, 0.3) is 10.9 Å². The van der Waals surface area contributed by atoms with Crippen molar-refractivity contribution in [3.63, 3.8) is 0 Å². The van der Waals surface area contributed by atoms with Gasteiger partial charge in [0.15, 0.2) is 5.78 Å². The fourth-order valence-corrected chi connectivity index (χ4v) is 8.05. The number of carboxylic acid groups (broad SMARTS) is 2. The summed E-state index contributed by atoms with van der Waals surface area (Å²) >= 11 is 0. The Balaban J connectivity index is 0.00000550. The molecule has 27 heteroatoms. The van der Waals surface area contributed by atoms with E-state index in [1.165, 1.54) is 47.6 Å². The minimum absolute atomic E-state index is 0.0103. The van der Waals surface area contributed by atoms with Crippen molar-refractivity contribution in [1.29, 1.82) is 0 Å². The van der Waals surface area contributed by atoms with Crippen LogP contribution < -0.4 is 32.1 Å². The Morgan fingerprint density at radius 3 is 1.93 bits per heavy atom. The van der Waals surface area contributed by atoms with Gasteiger partial charge in [0.25, 0.3) is 11.5 Å². The minimum atomic E-state index is -1.37. The summed E-state index contributed by atoms with van der Waals surface area (Å²) < 4.78 is 5.21. The molecule has 0 aliphatic carbocycles. The SMILES string of the molecule is C#CCN(Cc1ccc2nc(N)[nH]c(=O)c2c1)c1ccc(C(=O)NC(CCC(=O)OCCSSCCC(=O)C[C@@H](C)C(=O)N[C@@H](C)C(=O)C[C@@H](C)C(=O)N[C@@H](CC)C(=O)O)C(=O)O)cc1.O=C=O.O=C=O.O=C=O. The molecule has 2 aromatic carbocycles. The maximum absolute atomic E-state index is 13.0. The molecule has 0 fully saturated rings. The standard InChI is InChI=1S/C44H55N7O12S2.3CO2/c1-6-17-51(24-28-8-13-34-32(23-28)41(58)50-44(45)49-34)30-11-9-29(10-12-30)40(57)48-35(43(61)62)14-15-37(54)63-18-20-65-64-19-16-31(52)21-25(3)38(55)46-27(5)36(53)22-26(4)39(56)47-33(7-2)42(59)60;3*2-1-3/h1,8-13,23,25-27,33,35H,7,14-22,24H2,2-5H3,(H,46,55)(H,47,56)(H,48,57)(H,59,60)(H,61,62)(H3,45,49,50,58);;;/t25-,26-,27+,33+,35?;;;/m1.../s1. The summed E-state index contributed by atoms with van der Waals surface area (Å²) in [5.74, 6) is -3.57. The molecule has 25 nitrogen and oxygen atoms in total. The number of anilines is 2. The highest BCUT2D eigenvalue weighted by molar-refractivity contribution is 8.76. The number of ether oxygens (including phenoxy) is 1. The summed E-state index contributed by atoms with van der Waals surface area (Å²) in [5, 5.41) is 26.6. The molecule has 0 saturated heterocycles. The quantitative estimate of drug-likeness (QED) is 0.0233. The third-order valence-electron chi connectivity index (χ3n) is 9.96. The summed E-state index contributed by atoms with van der Waals surface area (Å²) in [5.41, 5.74) is 7.33. The Hall–Kier alpha value is -8.26. The number of rotatable bonds is 28. The van der Waals surface area contributed by atoms with Gasteiger partial charge in [-0.15, -0.1) is 6.42 Å². The van der Waals surface area contributed by atoms with Gasteiger partial charge in [0.05, 0.1) is 23.5 Å². The molecule has 3 rings (SSSR count). The van der Waals surface area contributed by atoms with E-state index >= 15 is 0 Å². The van der Waals surface area contributed by atoms with E-state index in [-0.39, 0.29) is 93.0 Å². The van der Waals surface area contributed by atoms with Crippen molar-refractivity contribution in [2.45, 2.75) is 90.9 Å². The van der Waals surface area contributed by atoms with Crippen LogP contribution in [0, 0.1) is 24.2 Å². The van der Waals surface area contributed by atoms with Gasteiger partial charge >= 0.3 is 36.4 Å². The zero-order valence-corrected chi connectivity index (χ0v) is 42.1. The average Bonchev–Trinajstić information content (AvgIpc) is 3.34. The van der Waals surface area contributed by atoms with E-state index in [1.807, 2.05) is 4.90 Å². The number of carboxylic acids is 2. The second-order valence-corrected chi connectivity index (χ2v) is 18.1. The van der Waals surface area contributed by atoms with Crippen LogP contribution in [0.15, 0.2) is 47.3 Å². The number of aliphatic carboxylic acids is 2. The van der Waals surface area contributed by atoms with E-state index in [9.17, 15) is 48.3 Å². The number of ketones is 2. The Morgan fingerprint density at radius 2 is 1.36 bits per heavy atom. The van der Waals surface area contributed by atoms with Gasteiger partial charge in [0.1, 0.15) is 24.5 Å². The lowest BCUT2D eigenvalue weighted by Crippen LogP contribution is -2.45. The normalized spacial score (nSPS) is 11.9. The van der Waals surface area contributed by atoms with Crippen LogP contribution in [0.4, 0.5) is 11.6 Å². The van der Waals surface area contributed by atoms with E-state index in [1.54, 1.807) is 44.2 Å². The molecular weight excluding hydrogens is 1010 g/mol. The Morgan fingerprint density at radius 1 is 0.797 bits per heavy atom. The maximum atomic E-state index is 13.0. The largest absolute Gasteiger partial charge is 0.480 e. The van der Waals surface area contributed by atoms with Gasteiger partial charge in [0, 0.05) is 66.8 Å². The van der Waals surface area contributed by atoms with Crippen molar-refractivity contribution in [3.8, 4) is 12.3 Å². The highest BCUT2D eigenvalue weighted by Crippen LogP contribution is 2.23. The number of benzene rings is 2. The number of fused-ring (bicyclic) bond motifs is 1. The maximum Gasteiger partial charge on any atom is 0.373 e. The van der Waals surface area contributed by atoms with E-state index in [4.69, 9.17) is 50.8 Å². The molecule has 74 heavy (non-hydrogen) atoms. The Labute approximate surface area is 430 Å². The molecule has 1 aromatic heterocycles. The third-order valence-corrected chi connectivity index (χ3v) is 12.3. The van der Waals surface area contributed by atoms with Crippen LogP contribution >= 0.6 is 21.6 Å². The molecular formula is C47H55N7O18S2. The highest BCUT2D eigenvalue weighted by Gasteiger charge is 2.27. The number of amides is 3. The van der Waals surface area contributed by atoms with E-state index in [2.05, 4.69) is 31.8 Å². The van der Waals surface area contributed by atoms with E-state index in [0.29, 0.717) is 34.6 Å². The predicted molar refractivity (Wildman–Crippen MR) is 262 cm³/mol. The van der Waals surface area contributed by atoms with Crippen molar-refractivity contribution in [2.24, 2.45) is 11.8 Å². The summed E-state index contributed by atoms with van der Waals surface area (Å²) in [7, 11) is 2.73. The number of terminal acetylenes is 1. The van der Waals surface area contributed by atoms with Gasteiger partial charge in [-0.05, 0) is 61.7 Å². The van der Waals surface area contributed by atoms with Crippen molar-refractivity contribution < 1.29 is 82.1 Å². The number of carbonyl (C=O) groups is 8. The smallest absolute Gasteiger partial charge is 0.373 e. The van der Waals surface area contributed by atoms with Gasteiger partial charge in [-0.2, -0.15) is 28.8 Å².